The lowest BCUT2D eigenvalue weighted by Crippen LogP contribution is -2.62. The molecule has 4 nitrogen and oxygen atoms in total. The van der Waals surface area contributed by atoms with E-state index in [1.807, 2.05) is 0 Å². The molecule has 19 heavy (non-hydrogen) atoms. The molecule has 0 aromatic rings. The van der Waals surface area contributed by atoms with E-state index in [0.29, 0.717) is 0 Å². The smallest absolute Gasteiger partial charge is 0.350 e. The van der Waals surface area contributed by atoms with Crippen molar-refractivity contribution in [3.63, 3.8) is 0 Å². The van der Waals surface area contributed by atoms with Gasteiger partial charge in [-0.05, 0) is 12.8 Å². The molecule has 1 N–H and O–H groups in total. The molecule has 108 valence electrons. The van der Waals surface area contributed by atoms with E-state index >= 15 is 0 Å². The summed E-state index contributed by atoms with van der Waals surface area (Å²) in [6, 6.07) is -0.225. The van der Waals surface area contributed by atoms with Crippen LogP contribution in [0.1, 0.15) is 38.5 Å². The summed E-state index contributed by atoms with van der Waals surface area (Å²) in [5.41, 5.74) is 0. The molecule has 1 saturated carbocycles. The van der Waals surface area contributed by atoms with E-state index in [2.05, 4.69) is 5.32 Å². The fourth-order valence-corrected chi connectivity index (χ4v) is 2.84. The molecule has 0 aromatic heterocycles. The number of hydrogen-bond donors (Lipinski definition) is 1. The van der Waals surface area contributed by atoms with Crippen LogP contribution < -0.4 is 5.32 Å². The van der Waals surface area contributed by atoms with Crippen LogP contribution in [0.25, 0.3) is 0 Å². The van der Waals surface area contributed by atoms with Gasteiger partial charge in [0.05, 0.1) is 19.0 Å². The topological polar surface area (TPSA) is 49.4 Å². The van der Waals surface area contributed by atoms with Crippen molar-refractivity contribution in [1.29, 1.82) is 0 Å². The molecule has 0 radical (unpaired) electrons. The fourth-order valence-electron chi connectivity index (χ4n) is 2.84. The number of halogens is 3. The lowest BCUT2D eigenvalue weighted by atomic mass is 9.87. The summed E-state index contributed by atoms with van der Waals surface area (Å²) in [5.74, 6) is -0.840. The van der Waals surface area contributed by atoms with E-state index in [9.17, 15) is 22.8 Å². The van der Waals surface area contributed by atoms with Crippen LogP contribution in [-0.2, 0) is 9.59 Å². The Labute approximate surface area is 109 Å². The standard InChI is InChI=1S/C12H17F3N2O2/c13-12(14,15)6-5-11(19)17-7-10(18)16-8-3-1-2-4-9(8)17/h8-9H,1-7H2,(H,16,18). The maximum absolute atomic E-state index is 12.1. The molecule has 1 aliphatic carbocycles. The highest BCUT2D eigenvalue weighted by Gasteiger charge is 2.39. The van der Waals surface area contributed by atoms with Crippen molar-refractivity contribution in [2.45, 2.75) is 56.8 Å². The first-order chi connectivity index (χ1) is 8.87. The Hall–Kier alpha value is -1.27. The van der Waals surface area contributed by atoms with Gasteiger partial charge in [-0.2, -0.15) is 13.2 Å². The average molecular weight is 278 g/mol. The third kappa shape index (κ3) is 3.61. The summed E-state index contributed by atoms with van der Waals surface area (Å²) in [6.45, 7) is -0.113. The Balaban J connectivity index is 1.99. The summed E-state index contributed by atoms with van der Waals surface area (Å²) in [4.78, 5) is 24.7. The monoisotopic (exact) mass is 278 g/mol. The largest absolute Gasteiger partial charge is 0.389 e. The summed E-state index contributed by atoms with van der Waals surface area (Å²) in [6.07, 6.45) is -2.56. The van der Waals surface area contributed by atoms with Crippen molar-refractivity contribution in [1.82, 2.24) is 10.2 Å². The molecule has 2 unspecified atom stereocenters. The highest BCUT2D eigenvalue weighted by atomic mass is 19.4. The summed E-state index contributed by atoms with van der Waals surface area (Å²) < 4.78 is 36.4. The van der Waals surface area contributed by atoms with Gasteiger partial charge < -0.3 is 10.2 Å². The Morgan fingerprint density at radius 2 is 2.00 bits per heavy atom. The lowest BCUT2D eigenvalue weighted by Gasteiger charge is -2.44. The zero-order chi connectivity index (χ0) is 14.0. The third-order valence-corrected chi connectivity index (χ3v) is 3.73. The number of piperazine rings is 1. The highest BCUT2D eigenvalue weighted by Crippen LogP contribution is 2.28. The minimum Gasteiger partial charge on any atom is -0.350 e. The van der Waals surface area contributed by atoms with E-state index in [1.165, 1.54) is 4.90 Å². The van der Waals surface area contributed by atoms with Crippen LogP contribution in [0.3, 0.4) is 0 Å². The molecule has 1 heterocycles. The Kier molecular flexibility index (Phi) is 4.01. The van der Waals surface area contributed by atoms with Crippen molar-refractivity contribution in [3.05, 3.63) is 0 Å². The second-order valence-electron chi connectivity index (χ2n) is 5.16. The van der Waals surface area contributed by atoms with Crippen molar-refractivity contribution < 1.29 is 22.8 Å². The number of rotatable bonds is 2. The van der Waals surface area contributed by atoms with E-state index in [4.69, 9.17) is 0 Å². The van der Waals surface area contributed by atoms with Crippen LogP contribution in [0.4, 0.5) is 13.2 Å². The maximum atomic E-state index is 12.1. The number of alkyl halides is 3. The summed E-state index contributed by atoms with van der Waals surface area (Å²) in [5, 5.41) is 2.82. The quantitative estimate of drug-likeness (QED) is 0.834. The number of hydrogen-bond acceptors (Lipinski definition) is 2. The molecule has 0 bridgehead atoms. The Morgan fingerprint density at radius 1 is 1.32 bits per heavy atom. The van der Waals surface area contributed by atoms with Gasteiger partial charge in [0.2, 0.25) is 11.8 Å². The second kappa shape index (κ2) is 5.38. The van der Waals surface area contributed by atoms with Crippen molar-refractivity contribution in [2.75, 3.05) is 6.54 Å². The van der Waals surface area contributed by atoms with Crippen molar-refractivity contribution >= 4 is 11.8 Å². The van der Waals surface area contributed by atoms with Gasteiger partial charge in [0, 0.05) is 12.5 Å². The van der Waals surface area contributed by atoms with Crippen LogP contribution in [0.15, 0.2) is 0 Å². The molecule has 0 spiro atoms. The molecular formula is C12H17F3N2O2. The molecule has 2 atom stereocenters. The summed E-state index contributed by atoms with van der Waals surface area (Å²) in [7, 11) is 0. The number of nitrogens with zero attached hydrogens (tertiary/aromatic N) is 1. The zero-order valence-corrected chi connectivity index (χ0v) is 10.5. The first-order valence-corrected chi connectivity index (χ1v) is 6.52. The van der Waals surface area contributed by atoms with Gasteiger partial charge >= 0.3 is 6.18 Å². The maximum Gasteiger partial charge on any atom is 0.389 e. The van der Waals surface area contributed by atoms with Crippen LogP contribution in [0.2, 0.25) is 0 Å². The predicted octanol–water partition coefficient (Wildman–Crippen LogP) is 1.60. The average Bonchev–Trinajstić information content (AvgIpc) is 2.34. The number of fused-ring (bicyclic) bond motifs is 1. The minimum atomic E-state index is -4.33. The third-order valence-electron chi connectivity index (χ3n) is 3.73. The molecule has 1 aliphatic heterocycles. The van der Waals surface area contributed by atoms with Crippen LogP contribution in [0.5, 0.6) is 0 Å². The molecule has 2 fully saturated rings. The normalized spacial score (nSPS) is 27.7. The van der Waals surface area contributed by atoms with Gasteiger partial charge in [-0.1, -0.05) is 12.8 Å². The van der Waals surface area contributed by atoms with Gasteiger partial charge in [0.25, 0.3) is 0 Å². The summed E-state index contributed by atoms with van der Waals surface area (Å²) >= 11 is 0. The Morgan fingerprint density at radius 3 is 2.68 bits per heavy atom. The SMILES string of the molecule is O=C1CN(C(=O)CCC(F)(F)F)C2CCCCC2N1. The minimum absolute atomic E-state index is 0.0927. The molecule has 0 aromatic carbocycles. The molecule has 2 amide bonds. The first-order valence-electron chi connectivity index (χ1n) is 6.52. The van der Waals surface area contributed by atoms with Gasteiger partial charge in [-0.25, -0.2) is 0 Å². The van der Waals surface area contributed by atoms with Crippen LogP contribution >= 0.6 is 0 Å². The van der Waals surface area contributed by atoms with E-state index < -0.39 is 24.9 Å². The Bertz CT molecular complexity index is 370. The zero-order valence-electron chi connectivity index (χ0n) is 10.5. The molecule has 2 rings (SSSR count). The highest BCUT2D eigenvalue weighted by molar-refractivity contribution is 5.86. The second-order valence-corrected chi connectivity index (χ2v) is 5.16. The van der Waals surface area contributed by atoms with Gasteiger partial charge in [0.15, 0.2) is 0 Å². The number of carbonyl (C=O) groups excluding carboxylic acids is 2. The van der Waals surface area contributed by atoms with Crippen LogP contribution in [0, 0.1) is 0 Å². The van der Waals surface area contributed by atoms with Gasteiger partial charge in [-0.3, -0.25) is 9.59 Å². The number of amides is 2. The molecule has 2 aliphatic rings. The number of carbonyl (C=O) groups is 2. The molecular weight excluding hydrogens is 261 g/mol. The fraction of sp³-hybridized carbons (Fsp3) is 0.833. The molecule has 1 saturated heterocycles. The molecule has 7 heteroatoms. The number of nitrogens with one attached hydrogen (secondary N) is 1. The van der Waals surface area contributed by atoms with E-state index in [1.54, 1.807) is 0 Å². The van der Waals surface area contributed by atoms with Gasteiger partial charge in [-0.15, -0.1) is 0 Å². The lowest BCUT2D eigenvalue weighted by molar-refractivity contribution is -0.154. The van der Waals surface area contributed by atoms with Gasteiger partial charge in [0.1, 0.15) is 0 Å². The van der Waals surface area contributed by atoms with Crippen LogP contribution in [-0.4, -0.2) is 41.5 Å². The van der Waals surface area contributed by atoms with E-state index in [0.717, 1.165) is 25.7 Å². The van der Waals surface area contributed by atoms with Crippen molar-refractivity contribution in [3.8, 4) is 0 Å². The van der Waals surface area contributed by atoms with Crippen molar-refractivity contribution in [2.24, 2.45) is 0 Å². The first kappa shape index (κ1) is 14.1. The predicted molar refractivity (Wildman–Crippen MR) is 61.2 cm³/mol. The van der Waals surface area contributed by atoms with E-state index in [-0.39, 0.29) is 24.5 Å².